The summed E-state index contributed by atoms with van der Waals surface area (Å²) >= 11 is 0. The fourth-order valence-electron chi connectivity index (χ4n) is 3.30. The van der Waals surface area contributed by atoms with Crippen LogP contribution in [-0.4, -0.2) is 34.7 Å². The molecular weight excluding hydrogens is 386 g/mol. The van der Waals surface area contributed by atoms with E-state index in [4.69, 9.17) is 14.7 Å². The summed E-state index contributed by atoms with van der Waals surface area (Å²) in [5.74, 6) is 0.641. The van der Waals surface area contributed by atoms with E-state index in [1.165, 1.54) is 35.9 Å². The summed E-state index contributed by atoms with van der Waals surface area (Å²) in [5.41, 5.74) is 2.71. The van der Waals surface area contributed by atoms with Crippen molar-refractivity contribution in [3.63, 3.8) is 0 Å². The zero-order chi connectivity index (χ0) is 21.3. The molecule has 0 radical (unpaired) electrons. The van der Waals surface area contributed by atoms with Crippen molar-refractivity contribution in [3.05, 3.63) is 64.3 Å². The Morgan fingerprint density at radius 2 is 2.00 bits per heavy atom. The normalized spacial score (nSPS) is 12.4. The fraction of sp³-hybridized carbons (Fsp3) is 0.190. The highest BCUT2D eigenvalue weighted by Gasteiger charge is 2.30. The molecule has 3 aromatic rings. The van der Waals surface area contributed by atoms with Gasteiger partial charge in [0.05, 0.1) is 49.5 Å². The molecule has 0 aromatic carbocycles. The molecule has 30 heavy (non-hydrogen) atoms. The minimum Gasteiger partial charge on any atom is -0.491 e. The molecule has 1 aliphatic heterocycles. The Hall–Kier alpha value is -4.19. The zero-order valence-corrected chi connectivity index (χ0v) is 16.3. The second-order valence-electron chi connectivity index (χ2n) is 6.53. The lowest BCUT2D eigenvalue weighted by Gasteiger charge is -2.16. The van der Waals surface area contributed by atoms with Crippen LogP contribution in [0.25, 0.3) is 11.3 Å². The summed E-state index contributed by atoms with van der Waals surface area (Å²) in [5, 5.41) is 8.88. The van der Waals surface area contributed by atoms with E-state index in [0.29, 0.717) is 34.3 Å². The van der Waals surface area contributed by atoms with Crippen molar-refractivity contribution in [3.8, 4) is 29.0 Å². The number of hydrogen-bond donors (Lipinski definition) is 0. The smallest absolute Gasteiger partial charge is 0.260 e. The van der Waals surface area contributed by atoms with E-state index < -0.39 is 0 Å². The van der Waals surface area contributed by atoms with E-state index in [1.807, 2.05) is 6.07 Å². The predicted molar refractivity (Wildman–Crippen MR) is 107 cm³/mol. The number of methoxy groups -OCH3 is 2. The Morgan fingerprint density at radius 3 is 2.73 bits per heavy atom. The number of rotatable bonds is 5. The van der Waals surface area contributed by atoms with Crippen LogP contribution in [0.4, 0.5) is 5.69 Å². The number of hydrogen-bond acceptors (Lipinski definition) is 7. The van der Waals surface area contributed by atoms with Crippen LogP contribution in [0.15, 0.2) is 47.5 Å². The monoisotopic (exact) mass is 403 g/mol. The molecule has 9 nitrogen and oxygen atoms in total. The van der Waals surface area contributed by atoms with Crippen LogP contribution in [0.1, 0.15) is 16.1 Å². The fourth-order valence-corrected chi connectivity index (χ4v) is 3.30. The minimum absolute atomic E-state index is 0.0870. The number of nitriles is 1. The van der Waals surface area contributed by atoms with Gasteiger partial charge in [0.1, 0.15) is 6.54 Å². The van der Waals surface area contributed by atoms with E-state index in [2.05, 4.69) is 9.97 Å². The molecule has 0 saturated carbocycles. The predicted octanol–water partition coefficient (Wildman–Crippen LogP) is 2.01. The number of carbonyl (C=O) groups excluding carboxylic acids is 1. The topological polar surface area (TPSA) is 110 Å². The summed E-state index contributed by atoms with van der Waals surface area (Å²) in [6.07, 6.45) is 3.14. The van der Waals surface area contributed by atoms with Crippen molar-refractivity contribution in [1.29, 1.82) is 5.26 Å². The van der Waals surface area contributed by atoms with Gasteiger partial charge in [-0.25, -0.2) is 4.98 Å². The first kappa shape index (κ1) is 19.1. The molecule has 4 heterocycles. The average molecular weight is 403 g/mol. The van der Waals surface area contributed by atoms with Crippen LogP contribution in [0, 0.1) is 11.3 Å². The molecule has 0 bridgehead atoms. The lowest BCUT2D eigenvalue weighted by atomic mass is 10.1. The highest BCUT2D eigenvalue weighted by atomic mass is 16.5. The number of anilines is 1. The summed E-state index contributed by atoms with van der Waals surface area (Å²) in [6, 6.07) is 10.1. The van der Waals surface area contributed by atoms with Crippen LogP contribution >= 0.6 is 0 Å². The summed E-state index contributed by atoms with van der Waals surface area (Å²) in [4.78, 5) is 35.1. The molecule has 9 heteroatoms. The molecular formula is C21H17N5O4. The molecule has 150 valence electrons. The van der Waals surface area contributed by atoms with E-state index >= 15 is 0 Å². The first-order chi connectivity index (χ1) is 14.5. The van der Waals surface area contributed by atoms with Crippen LogP contribution in [0.3, 0.4) is 0 Å². The third-order valence-electron chi connectivity index (χ3n) is 4.81. The molecule has 0 saturated heterocycles. The lowest BCUT2D eigenvalue weighted by Crippen LogP contribution is -2.26. The Morgan fingerprint density at radius 1 is 1.17 bits per heavy atom. The van der Waals surface area contributed by atoms with E-state index in [9.17, 15) is 9.59 Å². The Balaban J connectivity index is 1.68. The number of ether oxygens (including phenoxy) is 2. The number of pyridine rings is 3. The first-order valence-electron chi connectivity index (χ1n) is 9.03. The maximum absolute atomic E-state index is 12.9. The molecule has 0 unspecified atom stereocenters. The number of amides is 1. The molecule has 3 aromatic heterocycles. The molecule has 4 rings (SSSR count). The maximum Gasteiger partial charge on any atom is 0.260 e. The molecule has 0 atom stereocenters. The van der Waals surface area contributed by atoms with E-state index in [0.717, 1.165) is 5.56 Å². The zero-order valence-electron chi connectivity index (χ0n) is 16.3. The van der Waals surface area contributed by atoms with Crippen molar-refractivity contribution < 1.29 is 14.3 Å². The van der Waals surface area contributed by atoms with Gasteiger partial charge in [0.25, 0.3) is 17.3 Å². The SMILES string of the molecule is COc1cc(-c2ccc3c(n2)CN(c2ccc(=O)n(CC#N)c2)C3=O)cnc1OC. The second kappa shape index (κ2) is 7.67. The Labute approximate surface area is 171 Å². The largest absolute Gasteiger partial charge is 0.491 e. The quantitative estimate of drug-likeness (QED) is 0.641. The van der Waals surface area contributed by atoms with Gasteiger partial charge in [0.15, 0.2) is 5.75 Å². The van der Waals surface area contributed by atoms with Gasteiger partial charge in [-0.2, -0.15) is 5.26 Å². The summed E-state index contributed by atoms with van der Waals surface area (Å²) < 4.78 is 11.7. The van der Waals surface area contributed by atoms with Crippen molar-refractivity contribution in [2.45, 2.75) is 13.1 Å². The molecule has 0 fully saturated rings. The van der Waals surface area contributed by atoms with Crippen molar-refractivity contribution in [2.75, 3.05) is 19.1 Å². The lowest BCUT2D eigenvalue weighted by molar-refractivity contribution is 0.0996. The molecule has 0 spiro atoms. The van der Waals surface area contributed by atoms with Crippen LogP contribution < -0.4 is 19.9 Å². The first-order valence-corrected chi connectivity index (χ1v) is 9.03. The molecule has 0 N–H and O–H groups in total. The van der Waals surface area contributed by atoms with Crippen molar-refractivity contribution in [1.82, 2.24) is 14.5 Å². The van der Waals surface area contributed by atoms with E-state index in [-0.39, 0.29) is 24.6 Å². The van der Waals surface area contributed by atoms with Gasteiger partial charge in [0, 0.05) is 24.0 Å². The Bertz CT molecular complexity index is 1240. The van der Waals surface area contributed by atoms with Gasteiger partial charge >= 0.3 is 0 Å². The molecule has 1 amide bonds. The highest BCUT2D eigenvalue weighted by Crippen LogP contribution is 2.32. The van der Waals surface area contributed by atoms with Gasteiger partial charge in [-0.1, -0.05) is 0 Å². The number of fused-ring (bicyclic) bond motifs is 1. The standard InChI is InChI=1S/C21H17N5O4/c1-29-18-9-13(10-23-20(18)30-2)16-5-4-15-17(24-16)12-26(21(15)28)14-3-6-19(27)25(11-14)8-7-22/h3-6,9-11H,8,12H2,1-2H3. The molecule has 0 aliphatic carbocycles. The highest BCUT2D eigenvalue weighted by molar-refractivity contribution is 6.09. The Kier molecular flexibility index (Phi) is 4.90. The second-order valence-corrected chi connectivity index (χ2v) is 6.53. The third kappa shape index (κ3) is 3.24. The van der Waals surface area contributed by atoms with Gasteiger partial charge in [-0.05, 0) is 24.3 Å². The van der Waals surface area contributed by atoms with Gasteiger partial charge in [0.2, 0.25) is 0 Å². The number of aromatic nitrogens is 3. The summed E-state index contributed by atoms with van der Waals surface area (Å²) in [6.45, 7) is 0.170. The number of carbonyl (C=O) groups is 1. The van der Waals surface area contributed by atoms with Gasteiger partial charge in [-0.3, -0.25) is 19.1 Å². The van der Waals surface area contributed by atoms with Gasteiger partial charge < -0.3 is 14.4 Å². The van der Waals surface area contributed by atoms with Crippen LogP contribution in [0.2, 0.25) is 0 Å². The summed E-state index contributed by atoms with van der Waals surface area (Å²) in [7, 11) is 3.04. The van der Waals surface area contributed by atoms with Crippen molar-refractivity contribution in [2.24, 2.45) is 0 Å². The van der Waals surface area contributed by atoms with Crippen LogP contribution in [0.5, 0.6) is 11.6 Å². The minimum atomic E-state index is -0.300. The number of nitrogens with zero attached hydrogens (tertiary/aromatic N) is 5. The maximum atomic E-state index is 12.9. The molecule has 1 aliphatic rings. The average Bonchev–Trinajstić information content (AvgIpc) is 3.10. The van der Waals surface area contributed by atoms with Crippen molar-refractivity contribution >= 4 is 11.6 Å². The van der Waals surface area contributed by atoms with Crippen LogP contribution in [-0.2, 0) is 13.1 Å². The third-order valence-corrected chi connectivity index (χ3v) is 4.81. The van der Waals surface area contributed by atoms with E-state index in [1.54, 1.807) is 30.5 Å². The van der Waals surface area contributed by atoms with Gasteiger partial charge in [-0.15, -0.1) is 0 Å².